The highest BCUT2D eigenvalue weighted by molar-refractivity contribution is 7.92. The van der Waals surface area contributed by atoms with Crippen LogP contribution in [0.25, 0.3) is 11.0 Å². The number of fused-ring (bicyclic) bond motifs is 1. The van der Waals surface area contributed by atoms with Crippen molar-refractivity contribution in [3.05, 3.63) is 76.2 Å². The maximum atomic E-state index is 13.3. The van der Waals surface area contributed by atoms with E-state index in [-0.39, 0.29) is 22.0 Å². The van der Waals surface area contributed by atoms with Gasteiger partial charge in [0.25, 0.3) is 10.0 Å². The Balaban J connectivity index is 1.84. The third-order valence-electron chi connectivity index (χ3n) is 5.52. The molecule has 33 heavy (non-hydrogen) atoms. The van der Waals surface area contributed by atoms with Gasteiger partial charge in [0.2, 0.25) is 0 Å². The van der Waals surface area contributed by atoms with Crippen molar-refractivity contribution < 1.29 is 17.9 Å². The number of aromatic nitrogens is 2. The summed E-state index contributed by atoms with van der Waals surface area (Å²) >= 11 is 0. The minimum absolute atomic E-state index is 0.172. The number of hydrogen-bond donors (Lipinski definition) is 1. The number of nitrogens with one attached hydrogen (secondary N) is 1. The topological polar surface area (TPSA) is 91.6 Å². The number of methoxy groups -OCH3 is 1. The lowest BCUT2D eigenvalue weighted by molar-refractivity contribution is 0.413. The molecule has 172 valence electrons. The number of aryl methyl sites for hydroxylation is 4. The Hall–Kier alpha value is -3.72. The molecule has 0 radical (unpaired) electrons. The highest BCUT2D eigenvalue weighted by Crippen LogP contribution is 2.35. The van der Waals surface area contributed by atoms with Crippen molar-refractivity contribution in [2.45, 2.75) is 18.7 Å². The second kappa shape index (κ2) is 8.32. The molecule has 0 aliphatic rings. The lowest BCUT2D eigenvalue weighted by atomic mass is 10.2. The number of hydrogen-bond acceptors (Lipinski definition) is 5. The van der Waals surface area contributed by atoms with Crippen molar-refractivity contribution in [1.82, 2.24) is 9.13 Å². The first kappa shape index (κ1) is 22.5. The molecule has 8 nitrogen and oxygen atoms in total. The van der Waals surface area contributed by atoms with Crippen LogP contribution in [0.4, 0.5) is 5.69 Å². The van der Waals surface area contributed by atoms with Crippen LogP contribution in [-0.2, 0) is 24.1 Å². The maximum absolute atomic E-state index is 13.3. The zero-order valence-corrected chi connectivity index (χ0v) is 19.9. The van der Waals surface area contributed by atoms with Crippen LogP contribution in [0.5, 0.6) is 17.2 Å². The van der Waals surface area contributed by atoms with Gasteiger partial charge < -0.3 is 9.47 Å². The quantitative estimate of drug-likeness (QED) is 0.461. The molecule has 0 saturated carbocycles. The van der Waals surface area contributed by atoms with E-state index in [9.17, 15) is 13.2 Å². The van der Waals surface area contributed by atoms with E-state index in [1.165, 1.54) is 9.13 Å². The number of imidazole rings is 1. The molecule has 4 aromatic rings. The molecule has 0 bridgehead atoms. The second-order valence-electron chi connectivity index (χ2n) is 7.89. The Kier molecular flexibility index (Phi) is 5.67. The van der Waals surface area contributed by atoms with E-state index in [1.807, 2.05) is 13.0 Å². The Morgan fingerprint density at radius 1 is 0.848 bits per heavy atom. The van der Waals surface area contributed by atoms with E-state index >= 15 is 0 Å². The highest BCUT2D eigenvalue weighted by atomic mass is 32.2. The SMILES string of the molecule is COc1ccc(Oc2cc3c(cc2NS(=O)(=O)c2ccc(C)cc2C)n(C)c(=O)n3C)cc1. The van der Waals surface area contributed by atoms with Crippen molar-refractivity contribution >= 4 is 26.7 Å². The van der Waals surface area contributed by atoms with E-state index in [4.69, 9.17) is 9.47 Å². The molecular weight excluding hydrogens is 442 g/mol. The molecule has 0 fully saturated rings. The summed E-state index contributed by atoms with van der Waals surface area (Å²) in [5.41, 5.74) is 2.78. The molecule has 0 aliphatic heterocycles. The fourth-order valence-electron chi connectivity index (χ4n) is 3.76. The minimum Gasteiger partial charge on any atom is -0.497 e. The van der Waals surface area contributed by atoms with Gasteiger partial charge in [-0.25, -0.2) is 13.2 Å². The van der Waals surface area contributed by atoms with E-state index in [2.05, 4.69) is 4.72 Å². The smallest absolute Gasteiger partial charge is 0.328 e. The average molecular weight is 468 g/mol. The number of nitrogens with zero attached hydrogens (tertiary/aromatic N) is 2. The van der Waals surface area contributed by atoms with Gasteiger partial charge in [-0.3, -0.25) is 13.9 Å². The number of rotatable bonds is 6. The minimum atomic E-state index is -3.92. The fraction of sp³-hybridized carbons (Fsp3) is 0.208. The summed E-state index contributed by atoms with van der Waals surface area (Å²) in [7, 11) is 0.944. The summed E-state index contributed by atoms with van der Waals surface area (Å²) in [4.78, 5) is 12.6. The summed E-state index contributed by atoms with van der Waals surface area (Å²) in [6.45, 7) is 3.65. The van der Waals surface area contributed by atoms with Gasteiger partial charge in [0.15, 0.2) is 5.75 Å². The molecule has 1 N–H and O–H groups in total. The van der Waals surface area contributed by atoms with Crippen LogP contribution in [0.2, 0.25) is 0 Å². The van der Waals surface area contributed by atoms with Gasteiger partial charge in [0.1, 0.15) is 11.5 Å². The van der Waals surface area contributed by atoms with Crippen LogP contribution in [-0.4, -0.2) is 24.7 Å². The standard InChI is InChI=1S/C24H25N3O5S/c1-15-6-11-23(16(2)12-15)33(29,30)25-19-13-20-21(27(4)24(28)26(20)3)14-22(19)32-18-9-7-17(31-5)8-10-18/h6-14,25H,1-5H3. The molecular formula is C24H25N3O5S. The third-order valence-corrected chi connectivity index (χ3v) is 7.05. The predicted octanol–water partition coefficient (Wildman–Crippen LogP) is 4.10. The van der Waals surface area contributed by atoms with Crippen molar-refractivity contribution in [1.29, 1.82) is 0 Å². The zero-order valence-electron chi connectivity index (χ0n) is 19.0. The van der Waals surface area contributed by atoms with Gasteiger partial charge >= 0.3 is 5.69 Å². The molecule has 0 amide bonds. The lowest BCUT2D eigenvalue weighted by Gasteiger charge is -2.16. The lowest BCUT2D eigenvalue weighted by Crippen LogP contribution is -2.19. The van der Waals surface area contributed by atoms with E-state index < -0.39 is 10.0 Å². The third kappa shape index (κ3) is 4.19. The number of ether oxygens (including phenoxy) is 2. The Morgan fingerprint density at radius 3 is 2.06 bits per heavy atom. The first-order valence-electron chi connectivity index (χ1n) is 10.2. The number of anilines is 1. The highest BCUT2D eigenvalue weighted by Gasteiger charge is 2.21. The Labute approximate surface area is 192 Å². The molecule has 1 heterocycles. The van der Waals surface area contributed by atoms with Crippen LogP contribution in [0.1, 0.15) is 11.1 Å². The molecule has 9 heteroatoms. The fourth-order valence-corrected chi connectivity index (χ4v) is 5.05. The van der Waals surface area contributed by atoms with Crippen LogP contribution in [0.3, 0.4) is 0 Å². The molecule has 1 aromatic heterocycles. The molecule has 3 aromatic carbocycles. The van der Waals surface area contributed by atoms with Crippen LogP contribution >= 0.6 is 0 Å². The Morgan fingerprint density at radius 2 is 1.45 bits per heavy atom. The van der Waals surface area contributed by atoms with Crippen molar-refractivity contribution in [3.8, 4) is 17.2 Å². The van der Waals surface area contributed by atoms with Gasteiger partial charge in [0.05, 0.1) is 28.7 Å². The maximum Gasteiger partial charge on any atom is 0.328 e. The summed E-state index contributed by atoms with van der Waals surface area (Å²) < 4.78 is 43.3. The second-order valence-corrected chi connectivity index (χ2v) is 9.54. The largest absolute Gasteiger partial charge is 0.497 e. The molecule has 0 unspecified atom stereocenters. The van der Waals surface area contributed by atoms with Crippen molar-refractivity contribution in [2.24, 2.45) is 14.1 Å². The molecule has 4 rings (SSSR count). The van der Waals surface area contributed by atoms with Crippen molar-refractivity contribution in [2.75, 3.05) is 11.8 Å². The van der Waals surface area contributed by atoms with Gasteiger partial charge in [-0.2, -0.15) is 0 Å². The van der Waals surface area contributed by atoms with Crippen molar-refractivity contribution in [3.63, 3.8) is 0 Å². The monoisotopic (exact) mass is 467 g/mol. The number of sulfonamides is 1. The Bertz CT molecular complexity index is 1520. The first-order valence-corrected chi connectivity index (χ1v) is 11.7. The molecule has 0 spiro atoms. The normalized spacial score (nSPS) is 11.5. The molecule has 0 aliphatic carbocycles. The van der Waals surface area contributed by atoms with Gasteiger partial charge in [-0.15, -0.1) is 0 Å². The summed E-state index contributed by atoms with van der Waals surface area (Å²) in [5.74, 6) is 1.42. The summed E-state index contributed by atoms with van der Waals surface area (Å²) in [6.07, 6.45) is 0. The number of benzene rings is 3. The van der Waals surface area contributed by atoms with E-state index in [0.29, 0.717) is 28.1 Å². The summed E-state index contributed by atoms with van der Waals surface area (Å²) in [6, 6.07) is 15.3. The molecule has 0 saturated heterocycles. The molecule has 0 atom stereocenters. The van der Waals surface area contributed by atoms with Gasteiger partial charge in [0, 0.05) is 20.2 Å². The zero-order chi connectivity index (χ0) is 23.9. The van der Waals surface area contributed by atoms with E-state index in [0.717, 1.165) is 5.56 Å². The van der Waals surface area contributed by atoms with Crippen LogP contribution in [0.15, 0.2) is 64.3 Å². The van der Waals surface area contributed by atoms with E-state index in [1.54, 1.807) is 76.7 Å². The van der Waals surface area contributed by atoms with Crippen LogP contribution in [0, 0.1) is 13.8 Å². The van der Waals surface area contributed by atoms with Gasteiger partial charge in [-0.1, -0.05) is 17.7 Å². The summed E-state index contributed by atoms with van der Waals surface area (Å²) in [5, 5.41) is 0. The van der Waals surface area contributed by atoms with Crippen LogP contribution < -0.4 is 19.9 Å². The predicted molar refractivity (Wildman–Crippen MR) is 128 cm³/mol. The van der Waals surface area contributed by atoms with Gasteiger partial charge in [-0.05, 0) is 55.8 Å². The average Bonchev–Trinajstić information content (AvgIpc) is 2.97. The first-order chi connectivity index (χ1) is 15.6.